The average molecular weight is 445 g/mol. The van der Waals surface area contributed by atoms with Crippen LogP contribution in [-0.2, 0) is 4.79 Å². The van der Waals surface area contributed by atoms with Gasteiger partial charge in [0.05, 0.1) is 10.0 Å². The zero-order chi connectivity index (χ0) is 16.1. The van der Waals surface area contributed by atoms with E-state index in [0.717, 1.165) is 0 Å². The minimum absolute atomic E-state index is 0.173. The van der Waals surface area contributed by atoms with Gasteiger partial charge < -0.3 is 4.74 Å². The molecule has 0 amide bonds. The molecule has 0 aliphatic heterocycles. The SMILES string of the molecule is O=Cc1cc(Br)cc(Br)c1OC(=O)C=Cc1ccccc1Cl. The van der Waals surface area contributed by atoms with Crippen LogP contribution in [0, 0.1) is 0 Å². The van der Waals surface area contributed by atoms with E-state index in [2.05, 4.69) is 31.9 Å². The molecule has 0 atom stereocenters. The second-order valence-electron chi connectivity index (χ2n) is 4.20. The molecule has 2 aromatic carbocycles. The van der Waals surface area contributed by atoms with Crippen LogP contribution >= 0.6 is 43.5 Å². The van der Waals surface area contributed by atoms with Gasteiger partial charge in [-0.15, -0.1) is 0 Å². The van der Waals surface area contributed by atoms with Gasteiger partial charge in [-0.2, -0.15) is 0 Å². The summed E-state index contributed by atoms with van der Waals surface area (Å²) in [5, 5.41) is 0.532. The summed E-state index contributed by atoms with van der Waals surface area (Å²) in [7, 11) is 0. The molecule has 0 N–H and O–H groups in total. The Morgan fingerprint density at radius 3 is 2.55 bits per heavy atom. The highest BCUT2D eigenvalue weighted by Gasteiger charge is 2.12. The molecule has 0 aliphatic carbocycles. The van der Waals surface area contributed by atoms with Gasteiger partial charge >= 0.3 is 5.97 Å². The molecular weight excluding hydrogens is 435 g/mol. The highest BCUT2D eigenvalue weighted by atomic mass is 79.9. The fourth-order valence-electron chi connectivity index (χ4n) is 1.68. The first-order valence-corrected chi connectivity index (χ1v) is 8.06. The van der Waals surface area contributed by atoms with E-state index in [1.807, 2.05) is 6.07 Å². The molecular formula is C16H9Br2ClO3. The van der Waals surface area contributed by atoms with Crippen molar-refractivity contribution in [2.75, 3.05) is 0 Å². The van der Waals surface area contributed by atoms with Crippen LogP contribution < -0.4 is 4.74 Å². The summed E-state index contributed by atoms with van der Waals surface area (Å²) in [5.41, 5.74) is 0.965. The summed E-state index contributed by atoms with van der Waals surface area (Å²) in [6.45, 7) is 0. The lowest BCUT2D eigenvalue weighted by Crippen LogP contribution is -2.06. The number of aldehydes is 1. The van der Waals surface area contributed by atoms with Gasteiger partial charge in [0.25, 0.3) is 0 Å². The topological polar surface area (TPSA) is 43.4 Å². The van der Waals surface area contributed by atoms with Gasteiger partial charge in [-0.3, -0.25) is 4.79 Å². The number of benzene rings is 2. The molecule has 2 rings (SSSR count). The monoisotopic (exact) mass is 442 g/mol. The molecule has 0 radical (unpaired) electrons. The normalized spacial score (nSPS) is 10.7. The van der Waals surface area contributed by atoms with Crippen molar-refractivity contribution >= 4 is 61.8 Å². The van der Waals surface area contributed by atoms with Crippen molar-refractivity contribution in [3.63, 3.8) is 0 Å². The summed E-state index contributed by atoms with van der Waals surface area (Å²) in [6.07, 6.45) is 3.43. The summed E-state index contributed by atoms with van der Waals surface area (Å²) >= 11 is 12.5. The fraction of sp³-hybridized carbons (Fsp3) is 0. The number of carbonyl (C=O) groups is 2. The van der Waals surface area contributed by atoms with E-state index < -0.39 is 5.97 Å². The number of carbonyl (C=O) groups excluding carboxylic acids is 2. The van der Waals surface area contributed by atoms with Gasteiger partial charge in [0.2, 0.25) is 0 Å². The van der Waals surface area contributed by atoms with Gasteiger partial charge in [0, 0.05) is 15.6 Å². The number of esters is 1. The molecule has 3 nitrogen and oxygen atoms in total. The number of hydrogen-bond acceptors (Lipinski definition) is 3. The standard InChI is InChI=1S/C16H9Br2ClO3/c17-12-7-11(9-20)16(13(18)8-12)22-15(21)6-5-10-3-1-2-4-14(10)19/h1-9H. The third kappa shape index (κ3) is 4.29. The van der Waals surface area contributed by atoms with Crippen LogP contribution in [0.2, 0.25) is 5.02 Å². The van der Waals surface area contributed by atoms with E-state index >= 15 is 0 Å². The second kappa shape index (κ2) is 7.72. The van der Waals surface area contributed by atoms with E-state index in [-0.39, 0.29) is 11.3 Å². The van der Waals surface area contributed by atoms with Crippen LogP contribution in [0.15, 0.2) is 51.4 Å². The summed E-state index contributed by atoms with van der Waals surface area (Å²) in [6, 6.07) is 10.4. The zero-order valence-electron chi connectivity index (χ0n) is 11.1. The third-order valence-electron chi connectivity index (χ3n) is 2.67. The Hall–Kier alpha value is -1.43. The predicted octanol–water partition coefficient (Wildman–Crippen LogP) is 5.30. The number of hydrogen-bond donors (Lipinski definition) is 0. The molecule has 0 fully saturated rings. The van der Waals surface area contributed by atoms with Gasteiger partial charge in [-0.25, -0.2) is 4.79 Å². The Labute approximate surface area is 149 Å². The van der Waals surface area contributed by atoms with Crippen LogP contribution in [0.1, 0.15) is 15.9 Å². The van der Waals surface area contributed by atoms with Crippen molar-refractivity contribution in [2.45, 2.75) is 0 Å². The smallest absolute Gasteiger partial charge is 0.336 e. The van der Waals surface area contributed by atoms with E-state index in [1.54, 1.807) is 36.4 Å². The minimum atomic E-state index is -0.606. The molecule has 0 spiro atoms. The Morgan fingerprint density at radius 2 is 1.86 bits per heavy atom. The fourth-order valence-corrected chi connectivity index (χ4v) is 3.22. The van der Waals surface area contributed by atoms with Crippen molar-refractivity contribution in [1.82, 2.24) is 0 Å². The van der Waals surface area contributed by atoms with Crippen molar-refractivity contribution in [1.29, 1.82) is 0 Å². The summed E-state index contributed by atoms with van der Waals surface area (Å²) in [5.74, 6) is -0.432. The molecule has 0 bridgehead atoms. The lowest BCUT2D eigenvalue weighted by atomic mass is 10.2. The highest BCUT2D eigenvalue weighted by molar-refractivity contribution is 9.11. The maximum absolute atomic E-state index is 11.9. The minimum Gasteiger partial charge on any atom is -0.421 e. The first-order chi connectivity index (χ1) is 10.5. The molecule has 22 heavy (non-hydrogen) atoms. The molecule has 6 heteroatoms. The maximum Gasteiger partial charge on any atom is 0.336 e. The molecule has 0 heterocycles. The largest absolute Gasteiger partial charge is 0.421 e. The van der Waals surface area contributed by atoms with E-state index in [9.17, 15) is 9.59 Å². The van der Waals surface area contributed by atoms with Crippen LogP contribution in [0.25, 0.3) is 6.08 Å². The molecule has 0 aromatic heterocycles. The Kier molecular flexibility index (Phi) is 5.94. The molecule has 112 valence electrons. The van der Waals surface area contributed by atoms with E-state index in [0.29, 0.717) is 25.8 Å². The van der Waals surface area contributed by atoms with Gasteiger partial charge in [-0.1, -0.05) is 45.7 Å². The van der Waals surface area contributed by atoms with Gasteiger partial charge in [-0.05, 0) is 45.8 Å². The van der Waals surface area contributed by atoms with Crippen LogP contribution in [-0.4, -0.2) is 12.3 Å². The van der Waals surface area contributed by atoms with Crippen molar-refractivity contribution in [3.05, 3.63) is 67.6 Å². The quantitative estimate of drug-likeness (QED) is 0.278. The van der Waals surface area contributed by atoms with Crippen LogP contribution in [0.5, 0.6) is 5.75 Å². The Balaban J connectivity index is 2.20. The lowest BCUT2D eigenvalue weighted by Gasteiger charge is -2.07. The molecule has 2 aromatic rings. The first kappa shape index (κ1) is 16.9. The average Bonchev–Trinajstić information content (AvgIpc) is 2.49. The molecule has 0 aliphatic rings. The zero-order valence-corrected chi connectivity index (χ0v) is 15.0. The molecule has 0 unspecified atom stereocenters. The van der Waals surface area contributed by atoms with Crippen molar-refractivity contribution < 1.29 is 14.3 Å². The van der Waals surface area contributed by atoms with Crippen LogP contribution in [0.3, 0.4) is 0 Å². The third-order valence-corrected chi connectivity index (χ3v) is 4.06. The number of ether oxygens (including phenoxy) is 1. The highest BCUT2D eigenvalue weighted by Crippen LogP contribution is 2.32. The van der Waals surface area contributed by atoms with E-state index in [1.165, 1.54) is 6.08 Å². The van der Waals surface area contributed by atoms with Gasteiger partial charge in [0.15, 0.2) is 12.0 Å². The first-order valence-electron chi connectivity index (χ1n) is 6.10. The van der Waals surface area contributed by atoms with Crippen molar-refractivity contribution in [2.24, 2.45) is 0 Å². The lowest BCUT2D eigenvalue weighted by molar-refractivity contribution is -0.128. The number of halogens is 3. The predicted molar refractivity (Wildman–Crippen MR) is 93.4 cm³/mol. The van der Waals surface area contributed by atoms with Gasteiger partial charge in [0.1, 0.15) is 0 Å². The Morgan fingerprint density at radius 1 is 1.14 bits per heavy atom. The number of rotatable bonds is 4. The molecule has 0 saturated carbocycles. The summed E-state index contributed by atoms with van der Waals surface area (Å²) < 4.78 is 6.42. The Bertz CT molecular complexity index is 757. The maximum atomic E-state index is 11.9. The second-order valence-corrected chi connectivity index (χ2v) is 6.38. The van der Waals surface area contributed by atoms with Crippen LogP contribution in [0.4, 0.5) is 0 Å². The van der Waals surface area contributed by atoms with Crippen molar-refractivity contribution in [3.8, 4) is 5.75 Å². The summed E-state index contributed by atoms with van der Waals surface area (Å²) in [4.78, 5) is 23.0. The molecule has 0 saturated heterocycles. The van der Waals surface area contributed by atoms with E-state index in [4.69, 9.17) is 16.3 Å².